The van der Waals surface area contributed by atoms with E-state index in [0.717, 1.165) is 57.8 Å². The van der Waals surface area contributed by atoms with Crippen molar-refractivity contribution in [1.82, 2.24) is 0 Å². The zero-order chi connectivity index (χ0) is 21.9. The van der Waals surface area contributed by atoms with Gasteiger partial charge in [0, 0.05) is 55.1 Å². The summed E-state index contributed by atoms with van der Waals surface area (Å²) in [5.41, 5.74) is 3.69. The van der Waals surface area contributed by atoms with E-state index in [0.29, 0.717) is 0 Å². The highest BCUT2D eigenvalue weighted by atomic mass is 32.2. The van der Waals surface area contributed by atoms with Crippen LogP contribution in [-0.4, -0.2) is 82.7 Å². The normalized spacial score (nSPS) is 20.8. The average Bonchev–Trinajstić information content (AvgIpc) is 3.52. The summed E-state index contributed by atoms with van der Waals surface area (Å²) in [6.07, 6.45) is 2.04. The summed E-state index contributed by atoms with van der Waals surface area (Å²) in [5.74, 6) is 0. The number of rotatable bonds is 4. The Morgan fingerprint density at radius 3 is 2.41 bits per heavy atom. The molecule has 0 unspecified atom stereocenters. The van der Waals surface area contributed by atoms with Crippen LogP contribution >= 0.6 is 23.1 Å². The topological polar surface area (TPSA) is 40.3 Å². The number of thioether (sulfide) groups is 1. The molecule has 8 heteroatoms. The van der Waals surface area contributed by atoms with Crippen molar-refractivity contribution >= 4 is 50.7 Å². The van der Waals surface area contributed by atoms with Crippen molar-refractivity contribution in [2.75, 3.05) is 76.5 Å². The Morgan fingerprint density at radius 2 is 1.69 bits per heavy atom. The Kier molecular flexibility index (Phi) is 6.64. The largest absolute Gasteiger partial charge is 0.378 e. The molecule has 0 N–H and O–H groups in total. The number of ether oxygens (including phenoxy) is 2. The molecule has 5 rings (SSSR count). The summed E-state index contributed by atoms with van der Waals surface area (Å²) in [6.45, 7) is 6.85. The number of thiophene rings is 1. The van der Waals surface area contributed by atoms with Crippen LogP contribution < -0.4 is 9.80 Å². The highest BCUT2D eigenvalue weighted by molar-refractivity contribution is 8.18. The molecule has 0 spiro atoms. The minimum absolute atomic E-state index is 0.769. The Morgan fingerprint density at radius 1 is 0.969 bits per heavy atom. The third kappa shape index (κ3) is 4.64. The van der Waals surface area contributed by atoms with Gasteiger partial charge in [-0.3, -0.25) is 0 Å². The zero-order valence-corrected chi connectivity index (χ0v) is 20.3. The molecule has 2 saturated heterocycles. The Hall–Kier alpha value is -2.13. The lowest BCUT2D eigenvalue weighted by atomic mass is 10.0. The monoisotopic (exact) mass is 469 g/mol. The van der Waals surface area contributed by atoms with Crippen LogP contribution in [0.4, 0.5) is 10.7 Å². The third-order valence-electron chi connectivity index (χ3n) is 5.85. The van der Waals surface area contributed by atoms with Crippen molar-refractivity contribution in [1.29, 1.82) is 0 Å². The van der Waals surface area contributed by atoms with Gasteiger partial charge in [0.25, 0.3) is 0 Å². The second-order valence-corrected chi connectivity index (χ2v) is 10.2. The van der Waals surface area contributed by atoms with Crippen LogP contribution in [0.2, 0.25) is 0 Å². The van der Waals surface area contributed by atoms with Crippen molar-refractivity contribution in [2.24, 2.45) is 4.99 Å². The first kappa shape index (κ1) is 21.7. The van der Waals surface area contributed by atoms with E-state index in [1.54, 1.807) is 11.8 Å². The van der Waals surface area contributed by atoms with E-state index in [9.17, 15) is 0 Å². The molecule has 0 bridgehead atoms. The van der Waals surface area contributed by atoms with Crippen LogP contribution in [0.25, 0.3) is 5.57 Å². The fourth-order valence-electron chi connectivity index (χ4n) is 4.03. The number of hydrogen-bond acceptors (Lipinski definition) is 6. The standard InChI is InChI=1S/C24H29N4O2S2/c1-26(2)19-5-3-18(4-6-19)23(20-7-8-22(31-20)27-9-13-29-14-10-27)21-17-25-24(32-21)28-11-15-30-16-12-28/h3-8,17H,9-16H2,1-2H3/q+1. The number of benzene rings is 1. The van der Waals surface area contributed by atoms with Crippen LogP contribution in [0, 0.1) is 0 Å². The number of anilines is 2. The van der Waals surface area contributed by atoms with Gasteiger partial charge in [-0.1, -0.05) is 12.1 Å². The first-order valence-electron chi connectivity index (χ1n) is 11.1. The minimum Gasteiger partial charge on any atom is -0.378 e. The molecular weight excluding hydrogens is 440 g/mol. The van der Waals surface area contributed by atoms with E-state index in [2.05, 4.69) is 64.9 Å². The Bertz CT molecular complexity index is 1040. The number of hydrogen-bond donors (Lipinski definition) is 0. The maximum Gasteiger partial charge on any atom is 0.359 e. The van der Waals surface area contributed by atoms with Gasteiger partial charge in [-0.2, -0.15) is 0 Å². The lowest BCUT2D eigenvalue weighted by molar-refractivity contribution is -0.547. The van der Waals surface area contributed by atoms with Crippen LogP contribution in [0.15, 0.2) is 46.3 Å². The number of nitrogens with zero attached hydrogens (tertiary/aromatic N) is 4. The van der Waals surface area contributed by atoms with Crippen molar-refractivity contribution in [3.63, 3.8) is 0 Å². The van der Waals surface area contributed by atoms with Crippen molar-refractivity contribution in [2.45, 2.75) is 0 Å². The number of morpholine rings is 2. The van der Waals surface area contributed by atoms with Gasteiger partial charge in [-0.05, 0) is 34.8 Å². The fourth-order valence-corrected chi connectivity index (χ4v) is 6.28. The molecule has 0 aliphatic carbocycles. The summed E-state index contributed by atoms with van der Waals surface area (Å²) in [6, 6.07) is 13.4. The first-order chi connectivity index (χ1) is 15.7. The van der Waals surface area contributed by atoms with E-state index in [-0.39, 0.29) is 0 Å². The maximum absolute atomic E-state index is 5.54. The molecule has 1 aromatic heterocycles. The highest BCUT2D eigenvalue weighted by Gasteiger charge is 2.28. The van der Waals surface area contributed by atoms with Gasteiger partial charge in [0.2, 0.25) is 0 Å². The van der Waals surface area contributed by atoms with E-state index in [4.69, 9.17) is 14.5 Å². The Balaban J connectivity index is 1.52. The molecule has 3 aliphatic rings. The summed E-state index contributed by atoms with van der Waals surface area (Å²) in [5, 5.41) is 2.39. The molecule has 0 amide bonds. The first-order valence-corrected chi connectivity index (χ1v) is 12.7. The smallest absolute Gasteiger partial charge is 0.359 e. The summed E-state index contributed by atoms with van der Waals surface area (Å²) in [7, 11) is 4.15. The highest BCUT2D eigenvalue weighted by Crippen LogP contribution is 2.40. The second-order valence-electron chi connectivity index (χ2n) is 8.16. The molecular formula is C24H29N4O2S2+. The van der Waals surface area contributed by atoms with Gasteiger partial charge in [0.05, 0.1) is 36.3 Å². The van der Waals surface area contributed by atoms with E-state index < -0.39 is 0 Å². The van der Waals surface area contributed by atoms with Crippen LogP contribution in [0.1, 0.15) is 10.4 Å². The molecule has 0 atom stereocenters. The lowest BCUT2D eigenvalue weighted by Gasteiger charge is -2.27. The summed E-state index contributed by atoms with van der Waals surface area (Å²) < 4.78 is 13.4. The average molecular weight is 470 g/mol. The van der Waals surface area contributed by atoms with Gasteiger partial charge in [-0.15, -0.1) is 11.3 Å². The van der Waals surface area contributed by atoms with Crippen LogP contribution in [0.5, 0.6) is 0 Å². The lowest BCUT2D eigenvalue weighted by Crippen LogP contribution is -2.35. The molecule has 2 fully saturated rings. The molecule has 6 nitrogen and oxygen atoms in total. The van der Waals surface area contributed by atoms with Gasteiger partial charge < -0.3 is 19.3 Å². The van der Waals surface area contributed by atoms with Crippen molar-refractivity contribution < 1.29 is 14.0 Å². The molecule has 0 radical (unpaired) electrons. The number of aliphatic imine (C=N–C) groups is 1. The minimum atomic E-state index is 0.769. The molecule has 1 aromatic carbocycles. The number of amidine groups is 1. The SMILES string of the molecule is CN(C)c1ccc(C(=C2C=NC(=[N+]3CCOCC3)S2)c2ccc(N3CCOCC3)s2)cc1. The van der Waals surface area contributed by atoms with Crippen LogP contribution in [-0.2, 0) is 9.47 Å². The molecule has 3 aliphatic heterocycles. The predicted octanol–water partition coefficient (Wildman–Crippen LogP) is 3.63. The predicted molar refractivity (Wildman–Crippen MR) is 136 cm³/mol. The van der Waals surface area contributed by atoms with Crippen LogP contribution in [0.3, 0.4) is 0 Å². The summed E-state index contributed by atoms with van der Waals surface area (Å²) >= 11 is 3.64. The fraction of sp³-hybridized carbons (Fsp3) is 0.417. The van der Waals surface area contributed by atoms with E-state index in [1.807, 2.05) is 17.6 Å². The molecule has 32 heavy (non-hydrogen) atoms. The quantitative estimate of drug-likeness (QED) is 0.640. The van der Waals surface area contributed by atoms with Gasteiger partial charge in [-0.25, -0.2) is 4.58 Å². The maximum atomic E-state index is 5.54. The van der Waals surface area contributed by atoms with Gasteiger partial charge in [0.15, 0.2) is 6.21 Å². The van der Waals surface area contributed by atoms with Gasteiger partial charge in [0.1, 0.15) is 13.1 Å². The van der Waals surface area contributed by atoms with E-state index >= 15 is 0 Å². The third-order valence-corrected chi connectivity index (χ3v) is 8.09. The molecule has 2 aromatic rings. The van der Waals surface area contributed by atoms with E-state index in [1.165, 1.54) is 31.6 Å². The second kappa shape index (κ2) is 9.79. The van der Waals surface area contributed by atoms with Crippen molar-refractivity contribution in [3.8, 4) is 0 Å². The zero-order valence-electron chi connectivity index (χ0n) is 18.6. The van der Waals surface area contributed by atoms with Gasteiger partial charge >= 0.3 is 5.17 Å². The molecule has 4 heterocycles. The molecule has 168 valence electrons. The summed E-state index contributed by atoms with van der Waals surface area (Å²) in [4.78, 5) is 11.8. The Labute approximate surface area is 197 Å². The number of allylic oxidation sites excluding steroid dienone is 1. The molecule has 0 saturated carbocycles. The van der Waals surface area contributed by atoms with Crippen molar-refractivity contribution in [3.05, 3.63) is 51.7 Å².